The van der Waals surface area contributed by atoms with Crippen molar-refractivity contribution in [2.24, 2.45) is 0 Å². The third-order valence-corrected chi connectivity index (χ3v) is 2.35. The molecule has 20 heavy (non-hydrogen) atoms. The summed E-state index contributed by atoms with van der Waals surface area (Å²) >= 11 is 0. The molecule has 0 heterocycles. The van der Waals surface area contributed by atoms with Gasteiger partial charge in [0, 0.05) is 18.3 Å². The van der Waals surface area contributed by atoms with E-state index in [1.807, 2.05) is 6.92 Å². The first-order valence-electron chi connectivity index (χ1n) is 5.89. The van der Waals surface area contributed by atoms with Crippen molar-refractivity contribution in [3.05, 3.63) is 46.0 Å². The highest BCUT2D eigenvalue weighted by molar-refractivity contribution is 5.93. The number of ether oxygens (including phenoxy) is 1. The molecule has 0 saturated heterocycles. The maximum atomic E-state index is 10.8. The van der Waals surface area contributed by atoms with Gasteiger partial charge in [0.15, 0.2) is 0 Å². The molecule has 0 unspecified atom stereocenters. The second-order valence-corrected chi connectivity index (χ2v) is 4.23. The van der Waals surface area contributed by atoms with Crippen LogP contribution in [0.25, 0.3) is 0 Å². The Balaban J connectivity index is 2.64. The van der Waals surface area contributed by atoms with Crippen LogP contribution < -0.4 is 5.32 Å². The van der Waals surface area contributed by atoms with E-state index >= 15 is 0 Å². The molecule has 108 valence electrons. The van der Waals surface area contributed by atoms with E-state index in [1.165, 1.54) is 18.2 Å². The lowest BCUT2D eigenvalue weighted by atomic mass is 10.1. The molecule has 0 aliphatic heterocycles. The summed E-state index contributed by atoms with van der Waals surface area (Å²) in [5, 5.41) is 22.6. The van der Waals surface area contributed by atoms with Crippen LogP contribution in [-0.2, 0) is 4.74 Å². The van der Waals surface area contributed by atoms with Gasteiger partial charge in [-0.3, -0.25) is 10.1 Å². The van der Waals surface area contributed by atoms with E-state index in [1.54, 1.807) is 0 Å². The number of hydrogen-bond donors (Lipinski definition) is 2. The second kappa shape index (κ2) is 7.25. The largest absolute Gasteiger partial charge is 0.477 e. The minimum atomic E-state index is -1.33. The predicted octanol–water partition coefficient (Wildman–Crippen LogP) is 2.30. The van der Waals surface area contributed by atoms with E-state index in [0.717, 1.165) is 5.57 Å². The maximum Gasteiger partial charge on any atom is 0.342 e. The van der Waals surface area contributed by atoms with Gasteiger partial charge in [0.1, 0.15) is 5.56 Å². The van der Waals surface area contributed by atoms with Crippen molar-refractivity contribution in [1.29, 1.82) is 0 Å². The molecule has 7 nitrogen and oxygen atoms in total. The molecule has 1 aromatic rings. The number of rotatable bonds is 8. The van der Waals surface area contributed by atoms with Crippen LogP contribution in [0.3, 0.4) is 0 Å². The van der Waals surface area contributed by atoms with Gasteiger partial charge in [0.05, 0.1) is 18.1 Å². The molecule has 0 spiro atoms. The summed E-state index contributed by atoms with van der Waals surface area (Å²) in [5.74, 6) is -1.33. The summed E-state index contributed by atoms with van der Waals surface area (Å²) in [7, 11) is 0. The average Bonchev–Trinajstić information content (AvgIpc) is 2.37. The Kier molecular flexibility index (Phi) is 5.67. The van der Waals surface area contributed by atoms with Crippen molar-refractivity contribution in [3.8, 4) is 0 Å². The number of nitro groups is 1. The van der Waals surface area contributed by atoms with Gasteiger partial charge >= 0.3 is 5.97 Å². The molecule has 0 aliphatic carbocycles. The third-order valence-electron chi connectivity index (χ3n) is 2.35. The van der Waals surface area contributed by atoms with Crippen LogP contribution in [0.15, 0.2) is 30.4 Å². The second-order valence-electron chi connectivity index (χ2n) is 4.23. The molecule has 0 radical (unpaired) electrons. The highest BCUT2D eigenvalue weighted by Gasteiger charge is 2.19. The molecule has 0 bridgehead atoms. The van der Waals surface area contributed by atoms with E-state index < -0.39 is 16.6 Å². The number of nitrogens with zero attached hydrogens (tertiary/aromatic N) is 1. The summed E-state index contributed by atoms with van der Waals surface area (Å²) in [6.45, 7) is 6.87. The zero-order chi connectivity index (χ0) is 15.1. The molecule has 1 aromatic carbocycles. The van der Waals surface area contributed by atoms with Gasteiger partial charge in [-0.25, -0.2) is 4.79 Å². The zero-order valence-electron chi connectivity index (χ0n) is 11.1. The van der Waals surface area contributed by atoms with Gasteiger partial charge < -0.3 is 15.2 Å². The fourth-order valence-electron chi connectivity index (χ4n) is 1.49. The Labute approximate surface area is 116 Å². The third kappa shape index (κ3) is 4.69. The van der Waals surface area contributed by atoms with Crippen LogP contribution in [0, 0.1) is 10.1 Å². The fraction of sp³-hybridized carbons (Fsp3) is 0.308. The Morgan fingerprint density at radius 1 is 1.55 bits per heavy atom. The van der Waals surface area contributed by atoms with Gasteiger partial charge in [0.25, 0.3) is 5.69 Å². The number of hydrogen-bond acceptors (Lipinski definition) is 5. The Hall–Kier alpha value is -2.41. The zero-order valence-corrected chi connectivity index (χ0v) is 11.1. The average molecular weight is 280 g/mol. The Bertz CT molecular complexity index is 527. The van der Waals surface area contributed by atoms with E-state index in [2.05, 4.69) is 11.9 Å². The molecule has 0 atom stereocenters. The van der Waals surface area contributed by atoms with Gasteiger partial charge in [-0.1, -0.05) is 12.2 Å². The normalized spacial score (nSPS) is 10.1. The van der Waals surface area contributed by atoms with Crippen molar-refractivity contribution in [1.82, 2.24) is 0 Å². The first-order valence-corrected chi connectivity index (χ1v) is 5.89. The summed E-state index contributed by atoms with van der Waals surface area (Å²) in [5.41, 5.74) is 0.608. The van der Waals surface area contributed by atoms with Crippen molar-refractivity contribution < 1.29 is 19.6 Å². The van der Waals surface area contributed by atoms with Gasteiger partial charge in [-0.2, -0.15) is 0 Å². The Morgan fingerprint density at radius 3 is 2.80 bits per heavy atom. The molecular formula is C13H16N2O5. The minimum Gasteiger partial charge on any atom is -0.477 e. The molecule has 0 aliphatic rings. The number of aromatic carboxylic acids is 1. The van der Waals surface area contributed by atoms with Crippen LogP contribution >= 0.6 is 0 Å². The molecular weight excluding hydrogens is 264 g/mol. The number of anilines is 1. The van der Waals surface area contributed by atoms with Gasteiger partial charge in [-0.05, 0) is 19.1 Å². The van der Waals surface area contributed by atoms with Crippen LogP contribution in [0.5, 0.6) is 0 Å². The van der Waals surface area contributed by atoms with Crippen molar-refractivity contribution in [2.45, 2.75) is 6.92 Å². The summed E-state index contributed by atoms with van der Waals surface area (Å²) < 4.78 is 5.27. The first-order chi connectivity index (χ1) is 9.41. The lowest BCUT2D eigenvalue weighted by molar-refractivity contribution is -0.385. The van der Waals surface area contributed by atoms with E-state index in [9.17, 15) is 14.9 Å². The van der Waals surface area contributed by atoms with Crippen LogP contribution in [0.2, 0.25) is 0 Å². The molecule has 1 rings (SSSR count). The summed E-state index contributed by atoms with van der Waals surface area (Å²) in [6.07, 6.45) is 0. The first kappa shape index (κ1) is 15.6. The molecule has 0 fully saturated rings. The van der Waals surface area contributed by atoms with E-state index in [4.69, 9.17) is 9.84 Å². The van der Waals surface area contributed by atoms with Gasteiger partial charge in [0.2, 0.25) is 0 Å². The van der Waals surface area contributed by atoms with Crippen LogP contribution in [0.1, 0.15) is 17.3 Å². The molecule has 0 aromatic heterocycles. The molecule has 7 heteroatoms. The van der Waals surface area contributed by atoms with Crippen molar-refractivity contribution in [3.63, 3.8) is 0 Å². The minimum absolute atomic E-state index is 0.334. The highest BCUT2D eigenvalue weighted by Crippen LogP contribution is 2.23. The monoisotopic (exact) mass is 280 g/mol. The van der Waals surface area contributed by atoms with Crippen LogP contribution in [-0.4, -0.2) is 35.8 Å². The molecule has 2 N–H and O–H groups in total. The maximum absolute atomic E-state index is 10.8. The fourth-order valence-corrected chi connectivity index (χ4v) is 1.49. The number of carboxylic acid groups (broad SMARTS) is 1. The van der Waals surface area contributed by atoms with Crippen molar-refractivity contribution >= 4 is 17.3 Å². The molecule has 0 amide bonds. The number of nitrogens with one attached hydrogen (secondary N) is 1. The van der Waals surface area contributed by atoms with Gasteiger partial charge in [-0.15, -0.1) is 0 Å². The highest BCUT2D eigenvalue weighted by atomic mass is 16.6. The quantitative estimate of drug-likeness (QED) is 0.328. The number of nitro benzene ring substituents is 1. The topological polar surface area (TPSA) is 102 Å². The molecule has 0 saturated carbocycles. The number of carboxylic acids is 1. The Morgan fingerprint density at radius 2 is 2.25 bits per heavy atom. The summed E-state index contributed by atoms with van der Waals surface area (Å²) in [6, 6.07) is 3.88. The number of benzene rings is 1. The number of carbonyl (C=O) groups is 1. The lowest BCUT2D eigenvalue weighted by Gasteiger charge is -2.08. The van der Waals surface area contributed by atoms with Crippen molar-refractivity contribution in [2.75, 3.05) is 25.1 Å². The SMILES string of the molecule is C=C(C)COCCNc1ccc(C(=O)O)c([N+](=O)[O-])c1. The predicted molar refractivity (Wildman–Crippen MR) is 74.2 cm³/mol. The van der Waals surface area contributed by atoms with Crippen LogP contribution in [0.4, 0.5) is 11.4 Å². The van der Waals surface area contributed by atoms with E-state index in [-0.39, 0.29) is 5.56 Å². The van der Waals surface area contributed by atoms with E-state index in [0.29, 0.717) is 25.4 Å². The smallest absolute Gasteiger partial charge is 0.342 e. The lowest BCUT2D eigenvalue weighted by Crippen LogP contribution is -2.11. The standard InChI is InChI=1S/C13H16N2O5/c1-9(2)8-20-6-5-14-10-3-4-11(13(16)17)12(7-10)15(18)19/h3-4,7,14H,1,5-6,8H2,2H3,(H,16,17). The summed E-state index contributed by atoms with van der Waals surface area (Å²) in [4.78, 5) is 20.9.